The third-order valence-corrected chi connectivity index (χ3v) is 3.34. The van der Waals surface area contributed by atoms with Crippen molar-refractivity contribution >= 4 is 6.29 Å². The molecule has 1 aliphatic carbocycles. The van der Waals surface area contributed by atoms with Crippen molar-refractivity contribution in [2.75, 3.05) is 0 Å². The van der Waals surface area contributed by atoms with E-state index in [1.165, 1.54) is 25.2 Å². The molecule has 4 heteroatoms. The molecular weight excluding hydrogens is 216 g/mol. The second-order valence-corrected chi connectivity index (χ2v) is 5.40. The van der Waals surface area contributed by atoms with E-state index in [2.05, 4.69) is 23.8 Å². The van der Waals surface area contributed by atoms with Gasteiger partial charge in [0.25, 0.3) is 0 Å². The minimum atomic E-state index is 0.213. The van der Waals surface area contributed by atoms with Crippen LogP contribution in [0.1, 0.15) is 49.9 Å². The number of carbonyl (C=O) groups excluding carboxylic acids is 1. The minimum Gasteiger partial charge on any atom is -0.460 e. The smallest absolute Gasteiger partial charge is 0.316 e. The van der Waals surface area contributed by atoms with Crippen molar-refractivity contribution in [3.8, 4) is 6.01 Å². The van der Waals surface area contributed by atoms with Crippen molar-refractivity contribution in [2.24, 2.45) is 5.41 Å². The molecule has 92 valence electrons. The van der Waals surface area contributed by atoms with E-state index in [-0.39, 0.29) is 6.10 Å². The fourth-order valence-electron chi connectivity index (χ4n) is 2.09. The highest BCUT2D eigenvalue weighted by Crippen LogP contribution is 2.36. The predicted molar refractivity (Wildman–Crippen MR) is 64.1 cm³/mol. The van der Waals surface area contributed by atoms with Gasteiger partial charge in [-0.1, -0.05) is 13.8 Å². The number of rotatable bonds is 3. The van der Waals surface area contributed by atoms with E-state index < -0.39 is 0 Å². The molecule has 17 heavy (non-hydrogen) atoms. The number of nitrogens with zero attached hydrogens (tertiary/aromatic N) is 2. The Bertz CT molecular complexity index is 377. The number of hydrogen-bond acceptors (Lipinski definition) is 4. The Kier molecular flexibility index (Phi) is 3.41. The summed E-state index contributed by atoms with van der Waals surface area (Å²) in [6.45, 7) is 4.58. The molecule has 0 aromatic carbocycles. The quantitative estimate of drug-likeness (QED) is 0.754. The summed E-state index contributed by atoms with van der Waals surface area (Å²) in [6, 6.07) is 0.375. The first-order valence-electron chi connectivity index (χ1n) is 6.03. The summed E-state index contributed by atoms with van der Waals surface area (Å²) in [5.41, 5.74) is 0.907. The van der Waals surface area contributed by atoms with Crippen LogP contribution in [-0.2, 0) is 0 Å². The fourth-order valence-corrected chi connectivity index (χ4v) is 2.09. The van der Waals surface area contributed by atoms with Crippen LogP contribution in [0.25, 0.3) is 0 Å². The van der Waals surface area contributed by atoms with E-state index in [4.69, 9.17) is 4.74 Å². The van der Waals surface area contributed by atoms with Crippen molar-refractivity contribution < 1.29 is 9.53 Å². The lowest BCUT2D eigenvalue weighted by Crippen LogP contribution is -2.28. The largest absolute Gasteiger partial charge is 0.460 e. The van der Waals surface area contributed by atoms with Crippen LogP contribution in [-0.4, -0.2) is 22.4 Å². The lowest BCUT2D eigenvalue weighted by molar-refractivity contribution is 0.0905. The molecule has 1 aliphatic rings. The molecule has 0 aliphatic heterocycles. The van der Waals surface area contributed by atoms with Gasteiger partial charge in [-0.05, 0) is 31.1 Å². The number of hydrogen-bond donors (Lipinski definition) is 0. The van der Waals surface area contributed by atoms with Gasteiger partial charge >= 0.3 is 6.01 Å². The van der Waals surface area contributed by atoms with Crippen molar-refractivity contribution in [2.45, 2.75) is 45.6 Å². The Morgan fingerprint density at radius 1 is 1.29 bits per heavy atom. The highest BCUT2D eigenvalue weighted by atomic mass is 16.5. The molecular formula is C13H18N2O2. The Hall–Kier alpha value is -1.45. The summed E-state index contributed by atoms with van der Waals surface area (Å²) in [7, 11) is 0. The molecule has 0 spiro atoms. The van der Waals surface area contributed by atoms with Gasteiger partial charge in [-0.15, -0.1) is 0 Å². The second kappa shape index (κ2) is 4.82. The molecule has 4 nitrogen and oxygen atoms in total. The summed E-state index contributed by atoms with van der Waals surface area (Å²) in [5, 5.41) is 0. The second-order valence-electron chi connectivity index (χ2n) is 5.40. The maximum atomic E-state index is 10.5. The zero-order valence-corrected chi connectivity index (χ0v) is 10.3. The van der Waals surface area contributed by atoms with Crippen LogP contribution in [0.4, 0.5) is 0 Å². The monoisotopic (exact) mass is 234 g/mol. The Balaban J connectivity index is 1.91. The van der Waals surface area contributed by atoms with Crippen molar-refractivity contribution in [3.05, 3.63) is 18.0 Å². The zero-order valence-electron chi connectivity index (χ0n) is 10.3. The number of aromatic nitrogens is 2. The van der Waals surface area contributed by atoms with E-state index in [0.717, 1.165) is 19.1 Å². The zero-order chi connectivity index (χ0) is 12.3. The van der Waals surface area contributed by atoms with Crippen molar-refractivity contribution in [1.82, 2.24) is 9.97 Å². The first-order valence-corrected chi connectivity index (χ1v) is 6.03. The van der Waals surface area contributed by atoms with Gasteiger partial charge in [0, 0.05) is 12.4 Å². The maximum Gasteiger partial charge on any atom is 0.316 e. The minimum absolute atomic E-state index is 0.213. The van der Waals surface area contributed by atoms with E-state index in [1.807, 2.05) is 0 Å². The highest BCUT2D eigenvalue weighted by Gasteiger charge is 2.28. The predicted octanol–water partition coefficient (Wildman–Crippen LogP) is 2.64. The number of aldehydes is 1. The van der Waals surface area contributed by atoms with Gasteiger partial charge in [-0.2, -0.15) is 0 Å². The van der Waals surface area contributed by atoms with Gasteiger partial charge in [0.2, 0.25) is 0 Å². The van der Waals surface area contributed by atoms with Gasteiger partial charge in [-0.25, -0.2) is 9.97 Å². The lowest BCUT2D eigenvalue weighted by atomic mass is 9.76. The van der Waals surface area contributed by atoms with Gasteiger partial charge in [0.1, 0.15) is 6.10 Å². The molecule has 1 heterocycles. The molecule has 0 amide bonds. The Labute approximate surface area is 101 Å². The molecule has 0 unspecified atom stereocenters. The third kappa shape index (κ3) is 3.25. The van der Waals surface area contributed by atoms with Gasteiger partial charge in [0.05, 0.1) is 5.56 Å². The molecule has 1 saturated carbocycles. The van der Waals surface area contributed by atoms with Gasteiger partial charge in [-0.3, -0.25) is 4.79 Å². The third-order valence-electron chi connectivity index (χ3n) is 3.34. The molecule has 1 aromatic heterocycles. The van der Waals surface area contributed by atoms with E-state index in [1.54, 1.807) is 0 Å². The molecule has 1 aromatic rings. The Morgan fingerprint density at radius 3 is 2.41 bits per heavy atom. The molecule has 0 bridgehead atoms. The number of ether oxygens (including phenoxy) is 1. The number of carbonyl (C=O) groups is 1. The first kappa shape index (κ1) is 12.0. The molecule has 0 saturated heterocycles. The summed E-state index contributed by atoms with van der Waals surface area (Å²) >= 11 is 0. The Morgan fingerprint density at radius 2 is 1.88 bits per heavy atom. The average Bonchev–Trinajstić information content (AvgIpc) is 2.33. The van der Waals surface area contributed by atoms with Crippen LogP contribution in [0.15, 0.2) is 12.4 Å². The summed E-state index contributed by atoms with van der Waals surface area (Å²) in [4.78, 5) is 18.5. The topological polar surface area (TPSA) is 52.1 Å². The molecule has 1 fully saturated rings. The normalized spacial score (nSPS) is 19.9. The first-order chi connectivity index (χ1) is 8.09. The molecule has 2 rings (SSSR count). The molecule has 0 radical (unpaired) electrons. The summed E-state index contributed by atoms with van der Waals surface area (Å²) < 4.78 is 5.71. The van der Waals surface area contributed by atoms with Crippen LogP contribution in [0.5, 0.6) is 6.01 Å². The SMILES string of the molecule is CC1(C)CCC(Oc2ncc(C=O)cn2)CC1. The van der Waals surface area contributed by atoms with Crippen LogP contribution in [0.3, 0.4) is 0 Å². The van der Waals surface area contributed by atoms with Crippen molar-refractivity contribution in [3.63, 3.8) is 0 Å². The average molecular weight is 234 g/mol. The van der Waals surface area contributed by atoms with E-state index >= 15 is 0 Å². The van der Waals surface area contributed by atoms with Gasteiger partial charge < -0.3 is 4.74 Å². The lowest BCUT2D eigenvalue weighted by Gasteiger charge is -2.33. The summed E-state index contributed by atoms with van der Waals surface area (Å²) in [6.07, 6.45) is 8.35. The molecule has 0 N–H and O–H groups in total. The van der Waals surface area contributed by atoms with Gasteiger partial charge in [0.15, 0.2) is 6.29 Å². The van der Waals surface area contributed by atoms with Crippen LogP contribution in [0, 0.1) is 5.41 Å². The van der Waals surface area contributed by atoms with Crippen LogP contribution < -0.4 is 4.74 Å². The maximum absolute atomic E-state index is 10.5. The highest BCUT2D eigenvalue weighted by molar-refractivity contribution is 5.73. The van der Waals surface area contributed by atoms with E-state index in [9.17, 15) is 4.79 Å². The fraction of sp³-hybridized carbons (Fsp3) is 0.615. The summed E-state index contributed by atoms with van der Waals surface area (Å²) in [5.74, 6) is 0. The van der Waals surface area contributed by atoms with Crippen LogP contribution >= 0.6 is 0 Å². The molecule has 0 atom stereocenters. The standard InChI is InChI=1S/C13H18N2O2/c1-13(2)5-3-11(4-6-13)17-12-14-7-10(9-16)8-15-12/h7-9,11H,3-6H2,1-2H3. The van der Waals surface area contributed by atoms with Crippen LogP contribution in [0.2, 0.25) is 0 Å². The van der Waals surface area contributed by atoms with Crippen molar-refractivity contribution in [1.29, 1.82) is 0 Å². The van der Waals surface area contributed by atoms with E-state index in [0.29, 0.717) is 17.0 Å².